The predicted octanol–water partition coefficient (Wildman–Crippen LogP) is 4.82. The lowest BCUT2D eigenvalue weighted by Crippen LogP contribution is -2.36. The average Bonchev–Trinajstić information content (AvgIpc) is 3.35. The molecule has 5 rings (SSSR count). The molecule has 4 aromatic rings. The Kier molecular flexibility index (Phi) is 6.62. The number of amides is 1. The van der Waals surface area contributed by atoms with E-state index >= 15 is 0 Å². The number of carbonyl (C=O) groups is 1. The maximum Gasteiger partial charge on any atom is 0.258 e. The molecule has 0 aliphatic carbocycles. The number of methoxy groups -OCH3 is 3. The zero-order valence-electron chi connectivity index (χ0n) is 20.7. The fraction of sp³-hybridized carbons (Fsp3) is 0.241. The molecule has 2 heterocycles. The molecule has 184 valence electrons. The largest absolute Gasteiger partial charge is 0.496 e. The van der Waals surface area contributed by atoms with Crippen LogP contribution in [0.15, 0.2) is 72.9 Å². The van der Waals surface area contributed by atoms with Crippen LogP contribution in [-0.4, -0.2) is 48.5 Å². The smallest absolute Gasteiger partial charge is 0.258 e. The summed E-state index contributed by atoms with van der Waals surface area (Å²) in [7, 11) is 4.89. The molecule has 0 spiro atoms. The summed E-state index contributed by atoms with van der Waals surface area (Å²) in [6, 6.07) is 21.7. The third-order valence-electron chi connectivity index (χ3n) is 6.55. The van der Waals surface area contributed by atoms with Crippen LogP contribution in [0.1, 0.15) is 27.0 Å². The zero-order valence-corrected chi connectivity index (χ0v) is 20.7. The standard InChI is InChI=1S/C29H29N3O4/c1-34-25-12-8-7-11-23(25)28-24(19-32(30-28)17-20-9-5-4-6-10-20)29(33)31-14-13-21-15-26(35-2)27(36-3)16-22(21)18-31/h4-12,15-16,19H,13-14,17-18H2,1-3H3. The van der Waals surface area contributed by atoms with Crippen molar-refractivity contribution in [1.29, 1.82) is 0 Å². The second-order valence-corrected chi connectivity index (χ2v) is 8.73. The molecular formula is C29H29N3O4. The van der Waals surface area contributed by atoms with E-state index in [-0.39, 0.29) is 5.91 Å². The Morgan fingerprint density at radius 2 is 1.53 bits per heavy atom. The Hall–Kier alpha value is -4.26. The lowest BCUT2D eigenvalue weighted by Gasteiger charge is -2.29. The molecule has 1 aliphatic heterocycles. The Bertz CT molecular complexity index is 1380. The zero-order chi connectivity index (χ0) is 25.1. The summed E-state index contributed by atoms with van der Waals surface area (Å²) in [6.07, 6.45) is 2.59. The van der Waals surface area contributed by atoms with Crippen LogP contribution in [0.25, 0.3) is 11.3 Å². The van der Waals surface area contributed by atoms with E-state index in [0.717, 1.165) is 23.1 Å². The van der Waals surface area contributed by atoms with Gasteiger partial charge in [0.05, 0.1) is 33.4 Å². The number of ether oxygens (including phenoxy) is 3. The van der Waals surface area contributed by atoms with Gasteiger partial charge in [0.1, 0.15) is 11.4 Å². The lowest BCUT2D eigenvalue weighted by atomic mass is 9.97. The molecule has 1 aromatic heterocycles. The molecule has 0 radical (unpaired) electrons. The molecule has 36 heavy (non-hydrogen) atoms. The summed E-state index contributed by atoms with van der Waals surface area (Å²) in [4.78, 5) is 15.8. The molecular weight excluding hydrogens is 454 g/mol. The minimum absolute atomic E-state index is 0.0596. The van der Waals surface area contributed by atoms with Crippen LogP contribution in [0.3, 0.4) is 0 Å². The number of aromatic nitrogens is 2. The number of nitrogens with zero attached hydrogens (tertiary/aromatic N) is 3. The second kappa shape index (κ2) is 10.2. The molecule has 0 fully saturated rings. The summed E-state index contributed by atoms with van der Waals surface area (Å²) < 4.78 is 18.4. The first-order valence-electron chi connectivity index (χ1n) is 11.9. The molecule has 7 heteroatoms. The number of hydrogen-bond donors (Lipinski definition) is 0. The van der Waals surface area contributed by atoms with Gasteiger partial charge in [0, 0.05) is 24.8 Å². The third-order valence-corrected chi connectivity index (χ3v) is 6.55. The van der Waals surface area contributed by atoms with Crippen LogP contribution >= 0.6 is 0 Å². The summed E-state index contributed by atoms with van der Waals surface area (Å²) in [5, 5.41) is 4.85. The van der Waals surface area contributed by atoms with Crippen LogP contribution in [-0.2, 0) is 19.5 Å². The van der Waals surface area contributed by atoms with Gasteiger partial charge in [0.15, 0.2) is 11.5 Å². The lowest BCUT2D eigenvalue weighted by molar-refractivity contribution is 0.0735. The van der Waals surface area contributed by atoms with E-state index < -0.39 is 0 Å². The number of carbonyl (C=O) groups excluding carboxylic acids is 1. The summed E-state index contributed by atoms with van der Waals surface area (Å²) in [6.45, 7) is 1.66. The number of fused-ring (bicyclic) bond motifs is 1. The van der Waals surface area contributed by atoms with Crippen molar-refractivity contribution in [2.45, 2.75) is 19.5 Å². The van der Waals surface area contributed by atoms with Gasteiger partial charge in [-0.3, -0.25) is 9.48 Å². The van der Waals surface area contributed by atoms with Crippen LogP contribution in [0.2, 0.25) is 0 Å². The van der Waals surface area contributed by atoms with Gasteiger partial charge in [-0.15, -0.1) is 0 Å². The topological polar surface area (TPSA) is 65.8 Å². The highest BCUT2D eigenvalue weighted by Gasteiger charge is 2.28. The monoisotopic (exact) mass is 483 g/mol. The van der Waals surface area contributed by atoms with Gasteiger partial charge in [0.25, 0.3) is 5.91 Å². The molecule has 3 aromatic carbocycles. The Balaban J connectivity index is 1.51. The van der Waals surface area contributed by atoms with Gasteiger partial charge in [0.2, 0.25) is 0 Å². The van der Waals surface area contributed by atoms with Gasteiger partial charge in [-0.1, -0.05) is 42.5 Å². The first kappa shape index (κ1) is 23.5. The van der Waals surface area contributed by atoms with E-state index in [2.05, 4.69) is 12.1 Å². The maximum absolute atomic E-state index is 13.9. The fourth-order valence-corrected chi connectivity index (χ4v) is 4.70. The first-order valence-corrected chi connectivity index (χ1v) is 11.9. The minimum atomic E-state index is -0.0596. The van der Waals surface area contributed by atoms with Gasteiger partial charge >= 0.3 is 0 Å². The Labute approximate surface area is 210 Å². The van der Waals surface area contributed by atoms with Gasteiger partial charge in [-0.05, 0) is 47.4 Å². The summed E-state index contributed by atoms with van der Waals surface area (Å²) >= 11 is 0. The van der Waals surface area contributed by atoms with Crippen molar-refractivity contribution in [2.24, 2.45) is 0 Å². The van der Waals surface area contributed by atoms with E-state index in [4.69, 9.17) is 19.3 Å². The highest BCUT2D eigenvalue weighted by Crippen LogP contribution is 2.35. The van der Waals surface area contributed by atoms with E-state index in [1.54, 1.807) is 21.3 Å². The van der Waals surface area contributed by atoms with Crippen LogP contribution < -0.4 is 14.2 Å². The molecule has 0 unspecified atom stereocenters. The van der Waals surface area contributed by atoms with Gasteiger partial charge in [-0.25, -0.2) is 0 Å². The minimum Gasteiger partial charge on any atom is -0.496 e. The molecule has 0 saturated heterocycles. The highest BCUT2D eigenvalue weighted by molar-refractivity contribution is 6.00. The predicted molar refractivity (Wildman–Crippen MR) is 138 cm³/mol. The molecule has 0 saturated carbocycles. The number of hydrogen-bond acceptors (Lipinski definition) is 5. The average molecular weight is 484 g/mol. The summed E-state index contributed by atoms with van der Waals surface area (Å²) in [5.41, 5.74) is 5.30. The highest BCUT2D eigenvalue weighted by atomic mass is 16.5. The van der Waals surface area contributed by atoms with E-state index in [1.807, 2.05) is 70.4 Å². The third kappa shape index (κ3) is 4.52. The van der Waals surface area contributed by atoms with Crippen LogP contribution in [0.4, 0.5) is 0 Å². The van der Waals surface area contributed by atoms with Gasteiger partial charge in [-0.2, -0.15) is 5.10 Å². The molecule has 0 bridgehead atoms. The second-order valence-electron chi connectivity index (χ2n) is 8.73. The molecule has 7 nitrogen and oxygen atoms in total. The van der Waals surface area contributed by atoms with Crippen molar-refractivity contribution < 1.29 is 19.0 Å². The normalized spacial score (nSPS) is 12.7. The van der Waals surface area contributed by atoms with Crippen molar-refractivity contribution in [3.05, 3.63) is 95.2 Å². The van der Waals surface area contributed by atoms with Crippen molar-refractivity contribution in [1.82, 2.24) is 14.7 Å². The van der Waals surface area contributed by atoms with Crippen LogP contribution in [0, 0.1) is 0 Å². The Morgan fingerprint density at radius 1 is 0.861 bits per heavy atom. The molecule has 0 atom stereocenters. The van der Waals surface area contributed by atoms with Crippen molar-refractivity contribution >= 4 is 5.91 Å². The first-order chi connectivity index (χ1) is 17.6. The van der Waals surface area contributed by atoms with Crippen molar-refractivity contribution in [3.8, 4) is 28.5 Å². The maximum atomic E-state index is 13.9. The van der Waals surface area contributed by atoms with Crippen molar-refractivity contribution in [3.63, 3.8) is 0 Å². The number of para-hydroxylation sites is 1. The van der Waals surface area contributed by atoms with E-state index in [0.29, 0.717) is 48.1 Å². The number of rotatable bonds is 7. The fourth-order valence-electron chi connectivity index (χ4n) is 4.70. The Morgan fingerprint density at radius 3 is 2.25 bits per heavy atom. The van der Waals surface area contributed by atoms with E-state index in [1.165, 1.54) is 5.56 Å². The molecule has 1 amide bonds. The summed E-state index contributed by atoms with van der Waals surface area (Å²) in [5.74, 6) is 1.99. The van der Waals surface area contributed by atoms with Crippen LogP contribution in [0.5, 0.6) is 17.2 Å². The van der Waals surface area contributed by atoms with Gasteiger partial charge < -0.3 is 19.1 Å². The van der Waals surface area contributed by atoms with Crippen molar-refractivity contribution in [2.75, 3.05) is 27.9 Å². The van der Waals surface area contributed by atoms with E-state index in [9.17, 15) is 4.79 Å². The SMILES string of the molecule is COc1cc2c(cc1OC)CN(C(=O)c1cn(Cc3ccccc3)nc1-c1ccccc1OC)CC2. The molecule has 1 aliphatic rings. The molecule has 0 N–H and O–H groups in total. The quantitative estimate of drug-likeness (QED) is 0.377. The number of benzene rings is 3.